The Balaban J connectivity index is 1.60. The van der Waals surface area contributed by atoms with Crippen molar-refractivity contribution < 1.29 is 0 Å². The molecule has 0 aromatic carbocycles. The van der Waals surface area contributed by atoms with Crippen molar-refractivity contribution in [3.63, 3.8) is 0 Å². The molecule has 0 aromatic rings. The van der Waals surface area contributed by atoms with E-state index in [2.05, 4.69) is 17.6 Å². The average Bonchev–Trinajstić information content (AvgIpc) is 2.99. The van der Waals surface area contributed by atoms with E-state index in [-0.39, 0.29) is 0 Å². The van der Waals surface area contributed by atoms with Crippen LogP contribution in [0.5, 0.6) is 0 Å². The summed E-state index contributed by atoms with van der Waals surface area (Å²) in [6.07, 6.45) is 5.65. The van der Waals surface area contributed by atoms with Gasteiger partial charge in [-0.2, -0.15) is 0 Å². The van der Waals surface area contributed by atoms with E-state index >= 15 is 0 Å². The summed E-state index contributed by atoms with van der Waals surface area (Å²) < 4.78 is 0. The van der Waals surface area contributed by atoms with Crippen molar-refractivity contribution in [3.8, 4) is 0 Å². The zero-order chi connectivity index (χ0) is 9.10. The van der Waals surface area contributed by atoms with E-state index in [1.165, 1.54) is 45.3 Å². The molecule has 1 aliphatic heterocycles. The van der Waals surface area contributed by atoms with Crippen molar-refractivity contribution in [3.05, 3.63) is 0 Å². The molecule has 0 spiro atoms. The smallest absolute Gasteiger partial charge is 0.00671 e. The van der Waals surface area contributed by atoms with Crippen molar-refractivity contribution in [2.75, 3.05) is 19.6 Å². The molecule has 1 heterocycles. The van der Waals surface area contributed by atoms with Crippen LogP contribution in [-0.4, -0.2) is 25.7 Å². The summed E-state index contributed by atoms with van der Waals surface area (Å²) in [4.78, 5) is 0. The lowest BCUT2D eigenvalue weighted by molar-refractivity contribution is 0.336. The maximum Gasteiger partial charge on any atom is 0.00671 e. The monoisotopic (exact) mass is 182 g/mol. The SMILES string of the molecule is CC(NCC1CCNCC1)C1CC1. The topological polar surface area (TPSA) is 24.1 Å². The maximum atomic E-state index is 3.69. The van der Waals surface area contributed by atoms with E-state index in [0.717, 1.165) is 17.9 Å². The van der Waals surface area contributed by atoms with Gasteiger partial charge in [-0.3, -0.25) is 0 Å². The molecule has 2 aliphatic rings. The van der Waals surface area contributed by atoms with Gasteiger partial charge in [0.15, 0.2) is 0 Å². The highest BCUT2D eigenvalue weighted by Crippen LogP contribution is 2.32. The van der Waals surface area contributed by atoms with Gasteiger partial charge in [0.2, 0.25) is 0 Å². The molecule has 1 saturated carbocycles. The molecule has 0 bridgehead atoms. The Bertz CT molecular complexity index is 148. The Morgan fingerprint density at radius 1 is 1.23 bits per heavy atom. The van der Waals surface area contributed by atoms with Crippen molar-refractivity contribution in [1.29, 1.82) is 0 Å². The molecule has 1 unspecified atom stereocenters. The summed E-state index contributed by atoms with van der Waals surface area (Å²) in [5.74, 6) is 1.93. The van der Waals surface area contributed by atoms with Crippen LogP contribution in [0, 0.1) is 11.8 Å². The molecule has 1 saturated heterocycles. The minimum absolute atomic E-state index is 0.773. The Morgan fingerprint density at radius 3 is 2.54 bits per heavy atom. The highest BCUT2D eigenvalue weighted by Gasteiger charge is 2.27. The molecule has 1 aliphatic carbocycles. The van der Waals surface area contributed by atoms with Gasteiger partial charge in [0.25, 0.3) is 0 Å². The second-order valence-corrected chi connectivity index (χ2v) is 4.73. The minimum Gasteiger partial charge on any atom is -0.317 e. The van der Waals surface area contributed by atoms with E-state index in [9.17, 15) is 0 Å². The number of rotatable bonds is 4. The zero-order valence-corrected chi connectivity index (χ0v) is 8.68. The van der Waals surface area contributed by atoms with Crippen molar-refractivity contribution >= 4 is 0 Å². The molecule has 2 nitrogen and oxygen atoms in total. The summed E-state index contributed by atoms with van der Waals surface area (Å²) in [6.45, 7) is 6.05. The van der Waals surface area contributed by atoms with Gasteiger partial charge in [0.1, 0.15) is 0 Å². The Kier molecular flexibility index (Phi) is 3.23. The van der Waals surface area contributed by atoms with Crippen LogP contribution >= 0.6 is 0 Å². The lowest BCUT2D eigenvalue weighted by atomic mass is 9.98. The van der Waals surface area contributed by atoms with Gasteiger partial charge in [-0.05, 0) is 64.1 Å². The van der Waals surface area contributed by atoms with Crippen LogP contribution in [0.2, 0.25) is 0 Å². The van der Waals surface area contributed by atoms with Crippen molar-refractivity contribution in [2.45, 2.75) is 38.6 Å². The molecule has 0 radical (unpaired) electrons. The first-order chi connectivity index (χ1) is 6.36. The first kappa shape index (κ1) is 9.47. The van der Waals surface area contributed by atoms with Crippen LogP contribution < -0.4 is 10.6 Å². The number of nitrogens with one attached hydrogen (secondary N) is 2. The number of hydrogen-bond donors (Lipinski definition) is 2. The fourth-order valence-electron chi connectivity index (χ4n) is 2.20. The third kappa shape index (κ3) is 2.96. The van der Waals surface area contributed by atoms with Crippen molar-refractivity contribution in [2.24, 2.45) is 11.8 Å². The molecule has 0 aromatic heterocycles. The molecule has 13 heavy (non-hydrogen) atoms. The Hall–Kier alpha value is -0.0800. The first-order valence-electron chi connectivity index (χ1n) is 5.80. The van der Waals surface area contributed by atoms with Gasteiger partial charge in [0, 0.05) is 6.04 Å². The van der Waals surface area contributed by atoms with E-state index in [4.69, 9.17) is 0 Å². The molecule has 2 rings (SSSR count). The minimum atomic E-state index is 0.773. The number of hydrogen-bond acceptors (Lipinski definition) is 2. The fourth-order valence-corrected chi connectivity index (χ4v) is 2.20. The molecule has 2 N–H and O–H groups in total. The van der Waals surface area contributed by atoms with Gasteiger partial charge < -0.3 is 10.6 Å². The third-order valence-corrected chi connectivity index (χ3v) is 3.52. The fraction of sp³-hybridized carbons (Fsp3) is 1.00. The molecule has 1 atom stereocenters. The lowest BCUT2D eigenvalue weighted by Gasteiger charge is -2.24. The standard InChI is InChI=1S/C11H22N2/c1-9(11-2-3-11)13-8-10-4-6-12-7-5-10/h9-13H,2-8H2,1H3. The van der Waals surface area contributed by atoms with Crippen LogP contribution in [-0.2, 0) is 0 Å². The second-order valence-electron chi connectivity index (χ2n) is 4.73. The van der Waals surface area contributed by atoms with Gasteiger partial charge in [0.05, 0.1) is 0 Å². The van der Waals surface area contributed by atoms with Crippen LogP contribution in [0.15, 0.2) is 0 Å². The summed E-state index contributed by atoms with van der Waals surface area (Å²) >= 11 is 0. The van der Waals surface area contributed by atoms with Crippen LogP contribution in [0.4, 0.5) is 0 Å². The van der Waals surface area contributed by atoms with E-state index < -0.39 is 0 Å². The summed E-state index contributed by atoms with van der Waals surface area (Å²) in [6, 6.07) is 0.773. The third-order valence-electron chi connectivity index (χ3n) is 3.52. The predicted octanol–water partition coefficient (Wildman–Crippen LogP) is 1.37. The highest BCUT2D eigenvalue weighted by atomic mass is 14.9. The quantitative estimate of drug-likeness (QED) is 0.686. The molecule has 2 fully saturated rings. The zero-order valence-electron chi connectivity index (χ0n) is 8.68. The molecule has 2 heteroatoms. The Morgan fingerprint density at radius 2 is 1.92 bits per heavy atom. The average molecular weight is 182 g/mol. The van der Waals surface area contributed by atoms with E-state index in [1.54, 1.807) is 0 Å². The van der Waals surface area contributed by atoms with E-state index in [0.29, 0.717) is 0 Å². The summed E-state index contributed by atoms with van der Waals surface area (Å²) in [5, 5.41) is 7.10. The van der Waals surface area contributed by atoms with E-state index in [1.807, 2.05) is 0 Å². The van der Waals surface area contributed by atoms with Gasteiger partial charge in [-0.1, -0.05) is 0 Å². The lowest BCUT2D eigenvalue weighted by Crippen LogP contribution is -2.37. The largest absolute Gasteiger partial charge is 0.317 e. The first-order valence-corrected chi connectivity index (χ1v) is 5.80. The molecule has 0 amide bonds. The normalized spacial score (nSPS) is 27.5. The molecular weight excluding hydrogens is 160 g/mol. The summed E-state index contributed by atoms with van der Waals surface area (Å²) in [7, 11) is 0. The van der Waals surface area contributed by atoms with Crippen LogP contribution in [0.1, 0.15) is 32.6 Å². The van der Waals surface area contributed by atoms with Gasteiger partial charge in [-0.15, -0.1) is 0 Å². The van der Waals surface area contributed by atoms with Crippen LogP contribution in [0.3, 0.4) is 0 Å². The maximum absolute atomic E-state index is 3.69. The van der Waals surface area contributed by atoms with Gasteiger partial charge >= 0.3 is 0 Å². The second kappa shape index (κ2) is 4.43. The molecular formula is C11H22N2. The summed E-state index contributed by atoms with van der Waals surface area (Å²) in [5.41, 5.74) is 0. The molecule has 76 valence electrons. The van der Waals surface area contributed by atoms with Gasteiger partial charge in [-0.25, -0.2) is 0 Å². The predicted molar refractivity (Wildman–Crippen MR) is 55.8 cm³/mol. The Labute approximate surface area is 81.5 Å². The highest BCUT2D eigenvalue weighted by molar-refractivity contribution is 4.84. The number of piperidine rings is 1. The van der Waals surface area contributed by atoms with Crippen LogP contribution in [0.25, 0.3) is 0 Å². The van der Waals surface area contributed by atoms with Crippen molar-refractivity contribution in [1.82, 2.24) is 10.6 Å².